The lowest BCUT2D eigenvalue weighted by Crippen LogP contribution is -2.13. The normalized spacial score (nSPS) is 11.3. The van der Waals surface area contributed by atoms with Crippen LogP contribution in [0.1, 0.15) is 21.6 Å². The van der Waals surface area contributed by atoms with Crippen molar-refractivity contribution < 1.29 is 18.3 Å². The van der Waals surface area contributed by atoms with Gasteiger partial charge in [0, 0.05) is 6.20 Å². The Balaban J connectivity index is 2.33. The van der Waals surface area contributed by atoms with Crippen molar-refractivity contribution in [3.8, 4) is 0 Å². The standard InChI is InChI=1S/C13H14N2O4S/c1-8-3-4-11(9(2)5-8)15-20(18,19)10-6-12(13(16)17)14-7-10/h3-7,14-15H,1-2H3,(H,16,17). The Bertz CT molecular complexity index is 762. The summed E-state index contributed by atoms with van der Waals surface area (Å²) in [6.07, 6.45) is 1.15. The molecular formula is C13H14N2O4S. The van der Waals surface area contributed by atoms with E-state index >= 15 is 0 Å². The molecular weight excluding hydrogens is 280 g/mol. The summed E-state index contributed by atoms with van der Waals surface area (Å²) < 4.78 is 26.7. The maximum Gasteiger partial charge on any atom is 0.352 e. The summed E-state index contributed by atoms with van der Waals surface area (Å²) >= 11 is 0. The van der Waals surface area contributed by atoms with Crippen LogP contribution in [0.5, 0.6) is 0 Å². The van der Waals surface area contributed by atoms with Gasteiger partial charge in [-0.2, -0.15) is 0 Å². The number of hydrogen-bond acceptors (Lipinski definition) is 3. The Labute approximate surface area is 116 Å². The molecule has 0 spiro atoms. The molecule has 0 aliphatic heterocycles. The van der Waals surface area contributed by atoms with Crippen molar-refractivity contribution in [1.29, 1.82) is 0 Å². The van der Waals surface area contributed by atoms with Gasteiger partial charge < -0.3 is 10.1 Å². The number of nitrogens with one attached hydrogen (secondary N) is 2. The maximum absolute atomic E-state index is 12.2. The predicted octanol–water partition coefficient (Wildman–Crippen LogP) is 2.13. The molecule has 0 saturated carbocycles. The van der Waals surface area contributed by atoms with E-state index in [1.54, 1.807) is 19.1 Å². The molecule has 1 heterocycles. The minimum absolute atomic E-state index is 0.116. The number of aromatic nitrogens is 1. The Kier molecular flexibility index (Phi) is 3.54. The quantitative estimate of drug-likeness (QED) is 0.804. The molecule has 7 heteroatoms. The van der Waals surface area contributed by atoms with Crippen LogP contribution < -0.4 is 4.72 Å². The number of hydrogen-bond donors (Lipinski definition) is 3. The van der Waals surface area contributed by atoms with E-state index in [1.807, 2.05) is 13.0 Å². The van der Waals surface area contributed by atoms with E-state index in [9.17, 15) is 13.2 Å². The summed E-state index contributed by atoms with van der Waals surface area (Å²) in [7, 11) is -3.81. The van der Waals surface area contributed by atoms with Crippen LogP contribution in [0, 0.1) is 13.8 Å². The molecule has 0 atom stereocenters. The van der Waals surface area contributed by atoms with Crippen LogP contribution in [0.25, 0.3) is 0 Å². The average molecular weight is 294 g/mol. The van der Waals surface area contributed by atoms with Gasteiger partial charge in [-0.15, -0.1) is 0 Å². The van der Waals surface area contributed by atoms with Crippen LogP contribution >= 0.6 is 0 Å². The van der Waals surface area contributed by atoms with E-state index in [1.165, 1.54) is 0 Å². The number of aryl methyl sites for hydroxylation is 2. The summed E-state index contributed by atoms with van der Waals surface area (Å²) in [5.74, 6) is -1.21. The lowest BCUT2D eigenvalue weighted by atomic mass is 10.1. The zero-order valence-corrected chi connectivity index (χ0v) is 11.8. The second-order valence-electron chi connectivity index (χ2n) is 4.48. The van der Waals surface area contributed by atoms with Crippen LogP contribution in [0.3, 0.4) is 0 Å². The molecule has 1 aromatic carbocycles. The van der Waals surface area contributed by atoms with Crippen molar-refractivity contribution >= 4 is 21.7 Å². The third-order valence-electron chi connectivity index (χ3n) is 2.82. The highest BCUT2D eigenvalue weighted by molar-refractivity contribution is 7.92. The molecule has 3 N–H and O–H groups in total. The Morgan fingerprint density at radius 1 is 1.25 bits per heavy atom. The molecule has 20 heavy (non-hydrogen) atoms. The van der Waals surface area contributed by atoms with Crippen LogP contribution in [0.4, 0.5) is 5.69 Å². The summed E-state index contributed by atoms with van der Waals surface area (Å²) in [6, 6.07) is 6.41. The van der Waals surface area contributed by atoms with E-state index in [4.69, 9.17) is 5.11 Å². The largest absolute Gasteiger partial charge is 0.477 e. The van der Waals surface area contributed by atoms with Crippen molar-refractivity contribution in [3.05, 3.63) is 47.3 Å². The third kappa shape index (κ3) is 2.83. The zero-order valence-electron chi connectivity index (χ0n) is 11.0. The maximum atomic E-state index is 12.2. The smallest absolute Gasteiger partial charge is 0.352 e. The van der Waals surface area contributed by atoms with Crippen molar-refractivity contribution in [2.24, 2.45) is 0 Å². The van der Waals surface area contributed by atoms with Crippen molar-refractivity contribution in [1.82, 2.24) is 4.98 Å². The van der Waals surface area contributed by atoms with Gasteiger partial charge in [0.1, 0.15) is 10.6 Å². The number of carbonyl (C=O) groups is 1. The molecule has 0 aliphatic rings. The molecule has 2 aromatic rings. The molecule has 6 nitrogen and oxygen atoms in total. The van der Waals surface area contributed by atoms with Gasteiger partial charge in [0.05, 0.1) is 5.69 Å². The predicted molar refractivity (Wildman–Crippen MR) is 74.5 cm³/mol. The summed E-state index contributed by atoms with van der Waals surface area (Å²) in [5.41, 5.74) is 2.11. The van der Waals surface area contributed by atoms with Gasteiger partial charge in [-0.05, 0) is 31.5 Å². The molecule has 106 valence electrons. The lowest BCUT2D eigenvalue weighted by molar-refractivity contribution is 0.0691. The van der Waals surface area contributed by atoms with Crippen LogP contribution in [0.15, 0.2) is 35.4 Å². The van der Waals surface area contributed by atoms with E-state index in [-0.39, 0.29) is 10.6 Å². The minimum atomic E-state index is -3.81. The first-order chi connectivity index (χ1) is 9.29. The van der Waals surface area contributed by atoms with E-state index < -0.39 is 16.0 Å². The van der Waals surface area contributed by atoms with Gasteiger partial charge in [0.15, 0.2) is 0 Å². The lowest BCUT2D eigenvalue weighted by Gasteiger charge is -2.09. The summed E-state index contributed by atoms with van der Waals surface area (Å²) in [6.45, 7) is 3.71. The molecule has 0 radical (unpaired) electrons. The first kappa shape index (κ1) is 14.1. The number of carboxylic acid groups (broad SMARTS) is 1. The molecule has 0 unspecified atom stereocenters. The molecule has 0 saturated heterocycles. The molecule has 0 fully saturated rings. The Morgan fingerprint density at radius 2 is 1.95 bits per heavy atom. The van der Waals surface area contributed by atoms with Gasteiger partial charge in [-0.1, -0.05) is 17.7 Å². The number of rotatable bonds is 4. The highest BCUT2D eigenvalue weighted by Crippen LogP contribution is 2.21. The van der Waals surface area contributed by atoms with Gasteiger partial charge in [0.2, 0.25) is 0 Å². The van der Waals surface area contributed by atoms with E-state index in [2.05, 4.69) is 9.71 Å². The third-order valence-corrected chi connectivity index (χ3v) is 4.17. The fourth-order valence-corrected chi connectivity index (χ4v) is 2.91. The first-order valence-corrected chi connectivity index (χ1v) is 7.30. The van der Waals surface area contributed by atoms with Gasteiger partial charge in [-0.25, -0.2) is 13.2 Å². The Morgan fingerprint density at radius 3 is 2.50 bits per heavy atom. The fraction of sp³-hybridized carbons (Fsp3) is 0.154. The zero-order chi connectivity index (χ0) is 14.9. The van der Waals surface area contributed by atoms with Gasteiger partial charge >= 0.3 is 5.97 Å². The SMILES string of the molecule is Cc1ccc(NS(=O)(=O)c2c[nH]c(C(=O)O)c2)c(C)c1. The average Bonchev–Trinajstić information content (AvgIpc) is 2.83. The van der Waals surface area contributed by atoms with E-state index in [0.29, 0.717) is 5.69 Å². The molecule has 1 aromatic heterocycles. The number of benzene rings is 1. The first-order valence-electron chi connectivity index (χ1n) is 5.81. The summed E-state index contributed by atoms with van der Waals surface area (Å²) in [5, 5.41) is 8.78. The number of aromatic carboxylic acids is 1. The Hall–Kier alpha value is -2.28. The minimum Gasteiger partial charge on any atom is -0.477 e. The topological polar surface area (TPSA) is 99.3 Å². The fourth-order valence-electron chi connectivity index (χ4n) is 1.78. The van der Waals surface area contributed by atoms with Gasteiger partial charge in [-0.3, -0.25) is 4.72 Å². The second-order valence-corrected chi connectivity index (χ2v) is 6.16. The van der Waals surface area contributed by atoms with Crippen LogP contribution in [0.2, 0.25) is 0 Å². The highest BCUT2D eigenvalue weighted by Gasteiger charge is 2.19. The van der Waals surface area contributed by atoms with Crippen LogP contribution in [-0.2, 0) is 10.0 Å². The number of H-pyrrole nitrogens is 1. The van der Waals surface area contributed by atoms with Crippen molar-refractivity contribution in [3.63, 3.8) is 0 Å². The number of carboxylic acids is 1. The molecule has 0 aliphatic carbocycles. The highest BCUT2D eigenvalue weighted by atomic mass is 32.2. The number of sulfonamides is 1. The monoisotopic (exact) mass is 294 g/mol. The van der Waals surface area contributed by atoms with Gasteiger partial charge in [0.25, 0.3) is 10.0 Å². The number of anilines is 1. The van der Waals surface area contributed by atoms with Crippen molar-refractivity contribution in [2.75, 3.05) is 4.72 Å². The van der Waals surface area contributed by atoms with Crippen molar-refractivity contribution in [2.45, 2.75) is 18.7 Å². The second kappa shape index (κ2) is 5.01. The molecule has 0 bridgehead atoms. The van der Waals surface area contributed by atoms with Crippen LogP contribution in [-0.4, -0.2) is 24.5 Å². The summed E-state index contributed by atoms with van der Waals surface area (Å²) in [4.78, 5) is 13.0. The van der Waals surface area contributed by atoms with E-state index in [0.717, 1.165) is 23.4 Å². The number of aromatic amines is 1. The molecule has 2 rings (SSSR count). The molecule has 0 amide bonds.